The van der Waals surface area contributed by atoms with Crippen molar-refractivity contribution in [3.8, 4) is 28.5 Å². The molecular formula is C15H14N4O5. The molecule has 2 aromatic heterocycles. The topological polar surface area (TPSA) is 119 Å². The van der Waals surface area contributed by atoms with E-state index >= 15 is 0 Å². The van der Waals surface area contributed by atoms with Crippen LogP contribution in [0.15, 0.2) is 18.6 Å². The zero-order valence-corrected chi connectivity index (χ0v) is 13.2. The second-order valence-corrected chi connectivity index (χ2v) is 4.73. The van der Waals surface area contributed by atoms with E-state index in [1.807, 2.05) is 0 Å². The Labute approximate surface area is 136 Å². The van der Waals surface area contributed by atoms with Gasteiger partial charge in [0.25, 0.3) is 0 Å². The summed E-state index contributed by atoms with van der Waals surface area (Å²) in [6.07, 6.45) is 2.91. The molecule has 9 heteroatoms. The number of rotatable bonds is 5. The second-order valence-electron chi connectivity index (χ2n) is 4.73. The van der Waals surface area contributed by atoms with Gasteiger partial charge in [-0.05, 0) is 6.07 Å². The summed E-state index contributed by atoms with van der Waals surface area (Å²) >= 11 is 0. The molecule has 0 amide bonds. The van der Waals surface area contributed by atoms with Crippen LogP contribution in [-0.4, -0.2) is 52.6 Å². The molecule has 2 N–H and O–H groups in total. The minimum Gasteiger partial charge on any atom is -0.492 e. The third kappa shape index (κ3) is 2.26. The highest BCUT2D eigenvalue weighted by Crippen LogP contribution is 2.47. The predicted octanol–water partition coefficient (Wildman–Crippen LogP) is 1.74. The Hall–Kier alpha value is -3.36. The largest absolute Gasteiger partial charge is 0.492 e. The zero-order valence-electron chi connectivity index (χ0n) is 13.2. The molecule has 0 fully saturated rings. The van der Waals surface area contributed by atoms with Crippen LogP contribution in [0.25, 0.3) is 22.3 Å². The van der Waals surface area contributed by atoms with E-state index in [0.29, 0.717) is 28.0 Å². The number of nitrogens with one attached hydrogen (secondary N) is 1. The maximum atomic E-state index is 11.6. The number of aromatic nitrogens is 4. The summed E-state index contributed by atoms with van der Waals surface area (Å²) in [5.41, 5.74) is 1.35. The minimum atomic E-state index is -1.16. The number of carbonyl (C=O) groups is 1. The lowest BCUT2D eigenvalue weighted by Gasteiger charge is -2.17. The van der Waals surface area contributed by atoms with Crippen molar-refractivity contribution in [2.75, 3.05) is 21.3 Å². The van der Waals surface area contributed by atoms with Crippen LogP contribution in [0.4, 0.5) is 0 Å². The Kier molecular flexibility index (Phi) is 3.90. The van der Waals surface area contributed by atoms with Gasteiger partial charge in [-0.15, -0.1) is 0 Å². The number of benzene rings is 1. The highest BCUT2D eigenvalue weighted by Gasteiger charge is 2.26. The van der Waals surface area contributed by atoms with Crippen LogP contribution in [-0.2, 0) is 0 Å². The van der Waals surface area contributed by atoms with Gasteiger partial charge in [-0.2, -0.15) is 5.10 Å². The lowest BCUT2D eigenvalue weighted by molar-refractivity contribution is 0.0692. The quantitative estimate of drug-likeness (QED) is 0.726. The molecule has 124 valence electrons. The molecule has 3 rings (SSSR count). The molecule has 2 heterocycles. The van der Waals surface area contributed by atoms with Gasteiger partial charge in [-0.3, -0.25) is 5.10 Å². The molecule has 9 nitrogen and oxygen atoms in total. The standard InChI is InChI=1S/C15H14N4O5/c1-22-11-7(10-9-5-18-19-14(9)17-6-16-10)4-8(15(20)21)12(23-2)13(11)24-3/h4-6H,1-3H3,(H,20,21)(H,16,17,18,19). The van der Waals surface area contributed by atoms with E-state index in [1.165, 1.54) is 33.7 Å². The zero-order chi connectivity index (χ0) is 17.3. The summed E-state index contributed by atoms with van der Waals surface area (Å²) in [7, 11) is 4.22. The van der Waals surface area contributed by atoms with Gasteiger partial charge in [0.05, 0.1) is 38.6 Å². The molecule has 0 radical (unpaired) electrons. The third-order valence-corrected chi connectivity index (χ3v) is 3.54. The Morgan fingerprint density at radius 2 is 1.79 bits per heavy atom. The predicted molar refractivity (Wildman–Crippen MR) is 83.7 cm³/mol. The first-order valence-corrected chi connectivity index (χ1v) is 6.83. The van der Waals surface area contributed by atoms with Crippen LogP contribution in [0, 0.1) is 0 Å². The van der Waals surface area contributed by atoms with Gasteiger partial charge in [0, 0.05) is 5.56 Å². The van der Waals surface area contributed by atoms with Crippen LogP contribution in [0.3, 0.4) is 0 Å². The molecule has 0 atom stereocenters. The van der Waals surface area contributed by atoms with Crippen LogP contribution in [0.1, 0.15) is 10.4 Å². The average molecular weight is 330 g/mol. The molecule has 0 unspecified atom stereocenters. The number of carboxylic acid groups (broad SMARTS) is 1. The number of hydrogen-bond acceptors (Lipinski definition) is 7. The summed E-state index contributed by atoms with van der Waals surface area (Å²) in [6, 6.07) is 1.43. The number of carboxylic acids is 1. The van der Waals surface area contributed by atoms with E-state index in [4.69, 9.17) is 14.2 Å². The fraction of sp³-hybridized carbons (Fsp3) is 0.200. The first kappa shape index (κ1) is 15.5. The summed E-state index contributed by atoms with van der Waals surface area (Å²) in [5.74, 6) is -0.611. The van der Waals surface area contributed by atoms with Gasteiger partial charge in [-0.1, -0.05) is 0 Å². The van der Waals surface area contributed by atoms with Crippen molar-refractivity contribution in [3.05, 3.63) is 24.2 Å². The molecule has 1 aromatic carbocycles. The van der Waals surface area contributed by atoms with E-state index in [1.54, 1.807) is 6.20 Å². The van der Waals surface area contributed by atoms with Crippen LogP contribution in [0.5, 0.6) is 17.2 Å². The van der Waals surface area contributed by atoms with E-state index < -0.39 is 5.97 Å². The van der Waals surface area contributed by atoms with E-state index in [9.17, 15) is 9.90 Å². The molecule has 0 spiro atoms. The smallest absolute Gasteiger partial charge is 0.339 e. The van der Waals surface area contributed by atoms with E-state index in [0.717, 1.165) is 0 Å². The molecule has 24 heavy (non-hydrogen) atoms. The highest BCUT2D eigenvalue weighted by atomic mass is 16.5. The van der Waals surface area contributed by atoms with Crippen molar-refractivity contribution in [2.24, 2.45) is 0 Å². The lowest BCUT2D eigenvalue weighted by atomic mass is 10.0. The number of H-pyrrole nitrogens is 1. The van der Waals surface area contributed by atoms with Crippen molar-refractivity contribution < 1.29 is 24.1 Å². The minimum absolute atomic E-state index is 0.0691. The van der Waals surface area contributed by atoms with E-state index in [2.05, 4.69) is 20.2 Å². The number of fused-ring (bicyclic) bond motifs is 1. The van der Waals surface area contributed by atoms with Crippen molar-refractivity contribution in [3.63, 3.8) is 0 Å². The molecule has 0 aliphatic heterocycles. The summed E-state index contributed by atoms with van der Waals surface area (Å²) in [4.78, 5) is 19.9. The van der Waals surface area contributed by atoms with Gasteiger partial charge in [-0.25, -0.2) is 14.8 Å². The van der Waals surface area contributed by atoms with Crippen molar-refractivity contribution in [1.29, 1.82) is 0 Å². The van der Waals surface area contributed by atoms with Crippen molar-refractivity contribution in [2.45, 2.75) is 0 Å². The fourth-order valence-electron chi connectivity index (χ4n) is 2.53. The maximum absolute atomic E-state index is 11.6. The first-order valence-electron chi connectivity index (χ1n) is 6.83. The number of methoxy groups -OCH3 is 3. The SMILES string of the molecule is COc1c(C(=O)O)cc(-c2ncnc3[nH]ncc23)c(OC)c1OC. The Morgan fingerprint density at radius 3 is 2.42 bits per heavy atom. The third-order valence-electron chi connectivity index (χ3n) is 3.54. The monoisotopic (exact) mass is 330 g/mol. The van der Waals surface area contributed by atoms with Gasteiger partial charge >= 0.3 is 5.97 Å². The number of aromatic amines is 1. The number of nitrogens with zero attached hydrogens (tertiary/aromatic N) is 3. The van der Waals surface area contributed by atoms with Crippen LogP contribution in [0.2, 0.25) is 0 Å². The van der Waals surface area contributed by atoms with Gasteiger partial charge in [0.2, 0.25) is 5.75 Å². The maximum Gasteiger partial charge on any atom is 0.339 e. The molecule has 0 saturated heterocycles. The van der Waals surface area contributed by atoms with Gasteiger partial charge in [0.15, 0.2) is 17.1 Å². The molecule has 0 aliphatic carbocycles. The summed E-state index contributed by atoms with van der Waals surface area (Å²) in [6.45, 7) is 0. The summed E-state index contributed by atoms with van der Waals surface area (Å²) in [5, 5.41) is 16.8. The number of ether oxygens (including phenoxy) is 3. The first-order chi connectivity index (χ1) is 11.6. The van der Waals surface area contributed by atoms with Gasteiger partial charge in [0.1, 0.15) is 11.9 Å². The van der Waals surface area contributed by atoms with Gasteiger partial charge < -0.3 is 19.3 Å². The molecular weight excluding hydrogens is 316 g/mol. The van der Waals surface area contributed by atoms with Crippen LogP contribution >= 0.6 is 0 Å². The second kappa shape index (κ2) is 6.03. The Balaban J connectivity index is 2.41. The van der Waals surface area contributed by atoms with E-state index in [-0.39, 0.29) is 17.1 Å². The Bertz CT molecular complexity index is 922. The molecule has 0 bridgehead atoms. The van der Waals surface area contributed by atoms with Crippen LogP contribution < -0.4 is 14.2 Å². The average Bonchev–Trinajstić information content (AvgIpc) is 3.08. The molecule has 3 aromatic rings. The van der Waals surface area contributed by atoms with Crippen molar-refractivity contribution in [1.82, 2.24) is 20.2 Å². The lowest BCUT2D eigenvalue weighted by Crippen LogP contribution is -2.06. The van der Waals surface area contributed by atoms with Crippen molar-refractivity contribution >= 4 is 17.0 Å². The number of hydrogen-bond donors (Lipinski definition) is 2. The normalized spacial score (nSPS) is 10.6. The Morgan fingerprint density at radius 1 is 1.08 bits per heavy atom. The highest BCUT2D eigenvalue weighted by molar-refractivity contribution is 5.99. The number of aromatic carboxylic acids is 1. The molecule has 0 aliphatic rings. The summed E-state index contributed by atoms with van der Waals surface area (Å²) < 4.78 is 16.0. The fourth-order valence-corrected chi connectivity index (χ4v) is 2.53. The molecule has 0 saturated carbocycles.